The van der Waals surface area contributed by atoms with Gasteiger partial charge in [0.25, 0.3) is 0 Å². The Bertz CT molecular complexity index is 1850. The van der Waals surface area contributed by atoms with Crippen molar-refractivity contribution >= 4 is 46.8 Å². The maximum absolute atomic E-state index is 14.3. The van der Waals surface area contributed by atoms with E-state index in [2.05, 4.69) is 0 Å². The SMILES string of the molecule is CO[C@@H]1/C=C/C=C(\C)Cc2cc(C)c(Cl)c(c2)N(C)C(=O)C[C@H](OC(=O)[C@H](C)N(C)C(=O)C2CCC(CCCCC(=O)C(C)C)CC2)[C@]2(C)O[C@H]2[C@H](C)[C@@H]2C[C@@]1(O)CC(=O)O2. The summed E-state index contributed by atoms with van der Waals surface area (Å²) in [7, 11) is 4.75. The van der Waals surface area contributed by atoms with E-state index in [1.54, 1.807) is 34.0 Å². The van der Waals surface area contributed by atoms with Crippen LogP contribution < -0.4 is 4.90 Å². The van der Waals surface area contributed by atoms with Crippen molar-refractivity contribution in [1.29, 1.82) is 0 Å². The number of hydrogen-bond acceptors (Lipinski definition) is 10. The van der Waals surface area contributed by atoms with Crippen LogP contribution in [-0.4, -0.2) is 102 Å². The average Bonchev–Trinajstić information content (AvgIpc) is 3.91. The maximum Gasteiger partial charge on any atom is 0.328 e. The number of unbranched alkanes of at least 4 members (excludes halogenated alkanes) is 1. The maximum atomic E-state index is 14.3. The third-order valence-electron chi connectivity index (χ3n) is 13.9. The molecule has 1 N–H and O–H groups in total. The number of amides is 2. The molecular weight excluding hydrogens is 800 g/mol. The van der Waals surface area contributed by atoms with Crippen LogP contribution in [0.5, 0.6) is 0 Å². The number of epoxide rings is 1. The second kappa shape index (κ2) is 20.3. The van der Waals surface area contributed by atoms with Crippen LogP contribution in [0.3, 0.4) is 0 Å². The highest BCUT2D eigenvalue weighted by molar-refractivity contribution is 6.34. The monoisotopic (exact) mass is 868 g/mol. The molecule has 4 bridgehead atoms. The van der Waals surface area contributed by atoms with Crippen LogP contribution in [0.4, 0.5) is 5.69 Å². The highest BCUT2D eigenvalue weighted by Crippen LogP contribution is 2.50. The number of Topliss-reactive ketones (excluding diaryl/α,β-unsaturated/α-hetero) is 1. The number of benzene rings is 1. The largest absolute Gasteiger partial charge is 0.462 e. The quantitative estimate of drug-likeness (QED) is 0.133. The molecule has 1 aliphatic carbocycles. The molecule has 0 unspecified atom stereocenters. The molecule has 13 heteroatoms. The number of aryl methyl sites for hydroxylation is 1. The molecule has 8 atom stereocenters. The van der Waals surface area contributed by atoms with E-state index in [0.29, 0.717) is 35.3 Å². The van der Waals surface area contributed by atoms with E-state index in [9.17, 15) is 29.1 Å². The summed E-state index contributed by atoms with van der Waals surface area (Å²) in [5.74, 6) is -1.53. The van der Waals surface area contributed by atoms with E-state index in [0.717, 1.165) is 61.6 Å². The average molecular weight is 870 g/mol. The minimum absolute atomic E-state index is 0.0675. The first-order chi connectivity index (χ1) is 28.7. The van der Waals surface area contributed by atoms with Crippen molar-refractivity contribution in [3.05, 3.63) is 52.1 Å². The second-order valence-corrected chi connectivity index (χ2v) is 19.2. The molecule has 3 fully saturated rings. The lowest BCUT2D eigenvalue weighted by atomic mass is 9.78. The van der Waals surface area contributed by atoms with E-state index in [4.69, 9.17) is 30.5 Å². The van der Waals surface area contributed by atoms with Crippen LogP contribution in [0.2, 0.25) is 5.02 Å². The molecule has 0 spiro atoms. The number of ether oxygens (including phenoxy) is 4. The zero-order chi connectivity index (χ0) is 45.0. The number of esters is 2. The zero-order valence-corrected chi connectivity index (χ0v) is 38.7. The van der Waals surface area contributed by atoms with Gasteiger partial charge in [0.15, 0.2) is 0 Å². The molecule has 1 saturated carbocycles. The van der Waals surface area contributed by atoms with E-state index < -0.39 is 59.5 Å². The number of likely N-dealkylation sites (N-methyl/N-ethyl adjacent to an activating group) is 1. The highest BCUT2D eigenvalue weighted by Gasteiger charge is 2.64. The molecule has 3 heterocycles. The summed E-state index contributed by atoms with van der Waals surface area (Å²) in [6.07, 6.45) is 9.15. The van der Waals surface area contributed by atoms with Gasteiger partial charge < -0.3 is 33.9 Å². The lowest BCUT2D eigenvalue weighted by Crippen LogP contribution is -2.53. The third kappa shape index (κ3) is 11.5. The summed E-state index contributed by atoms with van der Waals surface area (Å²) in [6, 6.07) is 2.90. The molecule has 0 aromatic heterocycles. The van der Waals surface area contributed by atoms with Crippen molar-refractivity contribution in [1.82, 2.24) is 4.90 Å². The summed E-state index contributed by atoms with van der Waals surface area (Å²) in [4.78, 5) is 70.2. The summed E-state index contributed by atoms with van der Waals surface area (Å²) in [5, 5.41) is 12.3. The lowest BCUT2D eigenvalue weighted by Gasteiger charge is -2.41. The van der Waals surface area contributed by atoms with Gasteiger partial charge in [-0.05, 0) is 89.3 Å². The van der Waals surface area contributed by atoms with E-state index in [1.807, 2.05) is 58.9 Å². The third-order valence-corrected chi connectivity index (χ3v) is 14.3. The first-order valence-corrected chi connectivity index (χ1v) is 22.6. The minimum Gasteiger partial charge on any atom is -0.462 e. The molecule has 4 aliphatic rings. The summed E-state index contributed by atoms with van der Waals surface area (Å²) in [6.45, 7) is 13.0. The Morgan fingerprint density at radius 1 is 1.08 bits per heavy atom. The number of anilines is 1. The Balaban J connectivity index is 1.35. The first-order valence-electron chi connectivity index (χ1n) is 22.2. The molecule has 2 saturated heterocycles. The summed E-state index contributed by atoms with van der Waals surface area (Å²) in [5.41, 5.74) is 0.482. The van der Waals surface area contributed by atoms with Gasteiger partial charge in [-0.2, -0.15) is 0 Å². The van der Waals surface area contributed by atoms with Crippen LogP contribution in [0, 0.1) is 30.6 Å². The number of halogens is 1. The number of methoxy groups -OCH3 is 1. The Morgan fingerprint density at radius 3 is 2.43 bits per heavy atom. The number of fused-ring (bicyclic) bond motifs is 5. The molecule has 5 rings (SSSR count). The standard InChI is InChI=1S/C48H69ClN2O10/c1-28(2)37(52)16-12-11-15-33-18-20-35(21-19-33)45(55)50(8)32(6)46(56)60-40-25-41(53)51(9)36-24-34(23-30(4)43(36)49)22-29(3)14-13-17-39(58-10)48(57)26-38(59-42(54)27-48)31(5)44-47(40,7)61-44/h13-14,17,23-24,28,31-33,35,38-40,44,57H,11-12,15-16,18-22,25-27H2,1-10H3/b17-13+,29-14+/t31-,32+,33?,35?,38+,39-,40+,44+,47+,48-/m1/s1. The van der Waals surface area contributed by atoms with Gasteiger partial charge in [-0.15, -0.1) is 0 Å². The molecule has 61 heavy (non-hydrogen) atoms. The van der Waals surface area contributed by atoms with Crippen LogP contribution in [0.25, 0.3) is 0 Å². The van der Waals surface area contributed by atoms with Crippen LogP contribution in [-0.2, 0) is 49.3 Å². The highest BCUT2D eigenvalue weighted by atomic mass is 35.5. The van der Waals surface area contributed by atoms with Crippen molar-refractivity contribution in [3.63, 3.8) is 0 Å². The number of ketones is 1. The van der Waals surface area contributed by atoms with Gasteiger partial charge in [0.2, 0.25) is 11.8 Å². The number of rotatable bonds is 11. The van der Waals surface area contributed by atoms with E-state index in [1.165, 1.54) is 16.9 Å². The predicted molar refractivity (Wildman–Crippen MR) is 234 cm³/mol. The molecule has 1 aromatic carbocycles. The van der Waals surface area contributed by atoms with Crippen molar-refractivity contribution in [3.8, 4) is 0 Å². The fraction of sp³-hybridized carbons (Fsp3) is 0.688. The van der Waals surface area contributed by atoms with Gasteiger partial charge in [-0.3, -0.25) is 19.2 Å². The number of allylic oxidation sites excluding steroid dienone is 3. The van der Waals surface area contributed by atoms with E-state index in [-0.39, 0.29) is 42.9 Å². The molecule has 2 amide bonds. The van der Waals surface area contributed by atoms with Gasteiger partial charge in [0, 0.05) is 51.8 Å². The fourth-order valence-corrected chi connectivity index (χ4v) is 9.73. The molecule has 0 radical (unpaired) electrons. The van der Waals surface area contributed by atoms with E-state index >= 15 is 0 Å². The van der Waals surface area contributed by atoms with Gasteiger partial charge in [0.05, 0.1) is 29.7 Å². The molecule has 3 aliphatic heterocycles. The minimum atomic E-state index is -1.57. The van der Waals surface area contributed by atoms with Gasteiger partial charge in [-0.25, -0.2) is 4.79 Å². The number of hydrogen-bond donors (Lipinski definition) is 1. The van der Waals surface area contributed by atoms with Crippen LogP contribution in [0.15, 0.2) is 35.9 Å². The zero-order valence-electron chi connectivity index (χ0n) is 38.0. The summed E-state index contributed by atoms with van der Waals surface area (Å²) >= 11 is 6.83. The topological polar surface area (TPSA) is 152 Å². The number of carbonyl (C=O) groups excluding carboxylic acids is 5. The number of nitrogens with zero attached hydrogens (tertiary/aromatic N) is 2. The van der Waals surface area contributed by atoms with Crippen molar-refractivity contribution in [2.24, 2.45) is 23.7 Å². The van der Waals surface area contributed by atoms with Crippen molar-refractivity contribution in [2.45, 2.75) is 167 Å². The van der Waals surface area contributed by atoms with Gasteiger partial charge >= 0.3 is 11.9 Å². The Hall–Kier alpha value is -3.58. The smallest absolute Gasteiger partial charge is 0.328 e. The fourth-order valence-electron chi connectivity index (χ4n) is 9.49. The Kier molecular flexibility index (Phi) is 16.1. The Morgan fingerprint density at radius 2 is 1.77 bits per heavy atom. The normalized spacial score (nSPS) is 32.8. The number of aliphatic hydroxyl groups is 1. The first kappa shape index (κ1) is 48.5. The number of carbonyl (C=O) groups is 5. The van der Waals surface area contributed by atoms with Crippen LogP contribution in [0.1, 0.15) is 123 Å². The summed E-state index contributed by atoms with van der Waals surface area (Å²) < 4.78 is 24.2. The molecule has 1 aromatic rings. The van der Waals surface area contributed by atoms with Gasteiger partial charge in [-0.1, -0.05) is 75.1 Å². The lowest BCUT2D eigenvalue weighted by molar-refractivity contribution is -0.187. The predicted octanol–water partition coefficient (Wildman–Crippen LogP) is 7.66. The van der Waals surface area contributed by atoms with Crippen molar-refractivity contribution < 1.29 is 48.0 Å². The molecule has 338 valence electrons. The Labute approximate surface area is 367 Å². The van der Waals surface area contributed by atoms with Crippen molar-refractivity contribution in [2.75, 3.05) is 26.1 Å². The molecular formula is C48H69ClN2O10. The second-order valence-electron chi connectivity index (χ2n) is 18.9. The van der Waals surface area contributed by atoms with Gasteiger partial charge in [0.1, 0.15) is 41.3 Å². The molecule has 12 nitrogen and oxygen atoms in total. The van der Waals surface area contributed by atoms with Crippen LogP contribution >= 0.6 is 11.6 Å².